The van der Waals surface area contributed by atoms with Crippen molar-refractivity contribution in [1.82, 2.24) is 10.2 Å². The van der Waals surface area contributed by atoms with Gasteiger partial charge in [-0.3, -0.25) is 0 Å². The lowest BCUT2D eigenvalue weighted by Gasteiger charge is -2.29. The van der Waals surface area contributed by atoms with E-state index in [4.69, 9.17) is 5.11 Å². The van der Waals surface area contributed by atoms with Crippen LogP contribution in [0.4, 0.5) is 4.79 Å². The molecule has 1 aliphatic rings. The van der Waals surface area contributed by atoms with Gasteiger partial charge in [0.25, 0.3) is 0 Å². The van der Waals surface area contributed by atoms with Crippen LogP contribution >= 0.6 is 0 Å². The van der Waals surface area contributed by atoms with Crippen LogP contribution in [0.15, 0.2) is 0 Å². The van der Waals surface area contributed by atoms with E-state index in [-0.39, 0.29) is 18.1 Å². The van der Waals surface area contributed by atoms with Gasteiger partial charge in [0.1, 0.15) is 6.04 Å². The minimum atomic E-state index is -0.954. The zero-order valence-electron chi connectivity index (χ0n) is 11.5. The van der Waals surface area contributed by atoms with Crippen LogP contribution in [-0.2, 0) is 4.79 Å². The van der Waals surface area contributed by atoms with E-state index in [0.717, 1.165) is 25.7 Å². The molecule has 1 heterocycles. The second kappa shape index (κ2) is 6.61. The first-order valence-corrected chi connectivity index (χ1v) is 6.82. The summed E-state index contributed by atoms with van der Waals surface area (Å²) in [5.74, 6) is -0.954. The van der Waals surface area contributed by atoms with Gasteiger partial charge in [-0.05, 0) is 32.6 Å². The normalized spacial score (nSPS) is 24.9. The van der Waals surface area contributed by atoms with E-state index in [2.05, 4.69) is 12.2 Å². The largest absolute Gasteiger partial charge is 0.480 e. The molecule has 1 aliphatic heterocycles. The Kier molecular flexibility index (Phi) is 5.44. The minimum Gasteiger partial charge on any atom is -0.480 e. The van der Waals surface area contributed by atoms with Crippen LogP contribution in [0, 0.1) is 0 Å². The highest BCUT2D eigenvalue weighted by molar-refractivity contribution is 5.83. The quantitative estimate of drug-likeness (QED) is 0.792. The van der Waals surface area contributed by atoms with E-state index in [1.165, 1.54) is 0 Å². The third kappa shape index (κ3) is 3.37. The van der Waals surface area contributed by atoms with Gasteiger partial charge >= 0.3 is 12.0 Å². The average Bonchev–Trinajstić information content (AvgIpc) is 2.69. The van der Waals surface area contributed by atoms with Gasteiger partial charge in [0.05, 0.1) is 0 Å². The van der Waals surface area contributed by atoms with Gasteiger partial charge in [-0.25, -0.2) is 9.59 Å². The maximum Gasteiger partial charge on any atom is 0.326 e. The number of carboxylic acid groups (broad SMARTS) is 1. The molecule has 0 bridgehead atoms. The van der Waals surface area contributed by atoms with Gasteiger partial charge in [0.2, 0.25) is 0 Å². The molecule has 18 heavy (non-hydrogen) atoms. The molecule has 5 nitrogen and oxygen atoms in total. The molecular formula is C13H24N2O3. The molecule has 0 saturated carbocycles. The average molecular weight is 256 g/mol. The van der Waals surface area contributed by atoms with Crippen molar-refractivity contribution < 1.29 is 14.7 Å². The van der Waals surface area contributed by atoms with Crippen molar-refractivity contribution in [3.63, 3.8) is 0 Å². The summed E-state index contributed by atoms with van der Waals surface area (Å²) in [6, 6.07) is -0.553. The maximum absolute atomic E-state index is 12.2. The Labute approximate surface area is 109 Å². The molecule has 2 amide bonds. The maximum atomic E-state index is 12.2. The fourth-order valence-corrected chi connectivity index (χ4v) is 2.61. The van der Waals surface area contributed by atoms with Crippen LogP contribution in [0.25, 0.3) is 0 Å². The van der Waals surface area contributed by atoms with Gasteiger partial charge in [-0.15, -0.1) is 0 Å². The van der Waals surface area contributed by atoms with E-state index in [1.807, 2.05) is 18.7 Å². The lowest BCUT2D eigenvalue weighted by Crippen LogP contribution is -2.51. The molecule has 1 saturated heterocycles. The minimum absolute atomic E-state index is 0.200. The van der Waals surface area contributed by atoms with Crippen LogP contribution in [0.3, 0.4) is 0 Å². The molecule has 5 heteroatoms. The third-order valence-corrected chi connectivity index (χ3v) is 3.66. The summed E-state index contributed by atoms with van der Waals surface area (Å²) in [6.07, 6.45) is 4.14. The summed E-state index contributed by atoms with van der Waals surface area (Å²) in [5.41, 5.74) is 0. The van der Waals surface area contributed by atoms with Crippen molar-refractivity contribution in [2.24, 2.45) is 0 Å². The van der Waals surface area contributed by atoms with E-state index in [1.54, 1.807) is 0 Å². The molecule has 0 aromatic carbocycles. The highest BCUT2D eigenvalue weighted by Crippen LogP contribution is 2.25. The second-order valence-corrected chi connectivity index (χ2v) is 5.02. The number of amides is 2. The number of aliphatic carboxylic acids is 1. The first-order chi connectivity index (χ1) is 8.51. The number of urea groups is 1. The van der Waals surface area contributed by atoms with Crippen molar-refractivity contribution >= 4 is 12.0 Å². The van der Waals surface area contributed by atoms with Gasteiger partial charge in [0, 0.05) is 12.1 Å². The van der Waals surface area contributed by atoms with Crippen molar-refractivity contribution in [3.05, 3.63) is 0 Å². The Bertz CT molecular complexity index is 307. The fraction of sp³-hybridized carbons (Fsp3) is 0.846. The number of carbonyl (C=O) groups excluding carboxylic acids is 1. The van der Waals surface area contributed by atoms with E-state index in [9.17, 15) is 9.59 Å². The molecule has 0 aromatic heterocycles. The van der Waals surface area contributed by atoms with Gasteiger partial charge < -0.3 is 15.3 Å². The Morgan fingerprint density at radius 1 is 1.39 bits per heavy atom. The SMILES string of the molecule is CCCC(NC(=O)N1C(C)CCC1CC)C(=O)O. The number of likely N-dealkylation sites (tertiary alicyclic amines) is 1. The molecule has 1 fully saturated rings. The number of carboxylic acids is 1. The predicted molar refractivity (Wildman–Crippen MR) is 69.5 cm³/mol. The lowest BCUT2D eigenvalue weighted by molar-refractivity contribution is -0.139. The summed E-state index contributed by atoms with van der Waals surface area (Å²) >= 11 is 0. The Balaban J connectivity index is 2.65. The number of carbonyl (C=O) groups is 2. The fourth-order valence-electron chi connectivity index (χ4n) is 2.61. The van der Waals surface area contributed by atoms with Gasteiger partial charge in [-0.1, -0.05) is 20.3 Å². The van der Waals surface area contributed by atoms with Gasteiger partial charge in [-0.2, -0.15) is 0 Å². The van der Waals surface area contributed by atoms with E-state index in [0.29, 0.717) is 6.42 Å². The first-order valence-electron chi connectivity index (χ1n) is 6.82. The molecule has 0 aromatic rings. The van der Waals surface area contributed by atoms with E-state index >= 15 is 0 Å². The zero-order chi connectivity index (χ0) is 13.7. The molecule has 0 aliphatic carbocycles. The predicted octanol–water partition coefficient (Wildman–Crippen LogP) is 2.21. The van der Waals surface area contributed by atoms with Crippen molar-refractivity contribution in [2.75, 3.05) is 0 Å². The van der Waals surface area contributed by atoms with Crippen molar-refractivity contribution in [3.8, 4) is 0 Å². The van der Waals surface area contributed by atoms with E-state index < -0.39 is 12.0 Å². The molecule has 0 radical (unpaired) electrons. The number of hydrogen-bond acceptors (Lipinski definition) is 2. The summed E-state index contributed by atoms with van der Waals surface area (Å²) in [7, 11) is 0. The second-order valence-electron chi connectivity index (χ2n) is 5.02. The third-order valence-electron chi connectivity index (χ3n) is 3.66. The summed E-state index contributed by atoms with van der Waals surface area (Å²) < 4.78 is 0. The zero-order valence-corrected chi connectivity index (χ0v) is 11.5. The summed E-state index contributed by atoms with van der Waals surface area (Å²) in [4.78, 5) is 25.0. The Morgan fingerprint density at radius 3 is 2.56 bits per heavy atom. The first kappa shape index (κ1) is 14.8. The Morgan fingerprint density at radius 2 is 2.06 bits per heavy atom. The lowest BCUT2D eigenvalue weighted by atomic mass is 10.1. The van der Waals surface area contributed by atoms with Crippen molar-refractivity contribution in [1.29, 1.82) is 0 Å². The van der Waals surface area contributed by atoms with Crippen molar-refractivity contribution in [2.45, 2.75) is 71.0 Å². The molecular weight excluding hydrogens is 232 g/mol. The summed E-state index contributed by atoms with van der Waals surface area (Å²) in [5, 5.41) is 11.7. The van der Waals surface area contributed by atoms with Gasteiger partial charge in [0.15, 0.2) is 0 Å². The monoisotopic (exact) mass is 256 g/mol. The molecule has 0 spiro atoms. The van der Waals surface area contributed by atoms with Crippen LogP contribution in [0.5, 0.6) is 0 Å². The molecule has 1 rings (SSSR count). The number of nitrogens with one attached hydrogen (secondary N) is 1. The van der Waals surface area contributed by atoms with Crippen LogP contribution in [0.1, 0.15) is 52.9 Å². The number of hydrogen-bond donors (Lipinski definition) is 2. The van der Waals surface area contributed by atoms with Crippen LogP contribution in [-0.4, -0.2) is 40.1 Å². The highest BCUT2D eigenvalue weighted by atomic mass is 16.4. The van der Waals surface area contributed by atoms with Crippen LogP contribution in [0.2, 0.25) is 0 Å². The number of nitrogens with zero attached hydrogens (tertiary/aromatic N) is 1. The summed E-state index contributed by atoms with van der Waals surface area (Å²) in [6.45, 7) is 5.99. The number of rotatable bonds is 5. The smallest absolute Gasteiger partial charge is 0.326 e. The molecule has 3 atom stereocenters. The van der Waals surface area contributed by atoms with Crippen LogP contribution < -0.4 is 5.32 Å². The topological polar surface area (TPSA) is 69.6 Å². The Hall–Kier alpha value is -1.26. The molecule has 3 unspecified atom stereocenters. The highest BCUT2D eigenvalue weighted by Gasteiger charge is 2.34. The molecule has 104 valence electrons. The molecule has 2 N–H and O–H groups in total. The standard InChI is InChI=1S/C13H24N2O3/c1-4-6-11(12(16)17)14-13(18)15-9(3)7-8-10(15)5-2/h9-11H,4-8H2,1-3H3,(H,14,18)(H,16,17).